The van der Waals surface area contributed by atoms with Gasteiger partial charge in [-0.25, -0.2) is 0 Å². The van der Waals surface area contributed by atoms with E-state index in [0.29, 0.717) is 19.6 Å². The summed E-state index contributed by atoms with van der Waals surface area (Å²) in [6.07, 6.45) is 3.46. The van der Waals surface area contributed by atoms with Gasteiger partial charge in [-0.3, -0.25) is 4.79 Å². The van der Waals surface area contributed by atoms with E-state index >= 15 is 0 Å². The lowest BCUT2D eigenvalue weighted by molar-refractivity contribution is -0.121. The Morgan fingerprint density at radius 2 is 2.13 bits per heavy atom. The number of rotatable bonds is 9. The first-order chi connectivity index (χ1) is 7.20. The van der Waals surface area contributed by atoms with Gasteiger partial charge in [0.1, 0.15) is 0 Å². The molecule has 0 aromatic heterocycles. The molecule has 0 saturated heterocycles. The van der Waals surface area contributed by atoms with Gasteiger partial charge in [-0.05, 0) is 12.8 Å². The van der Waals surface area contributed by atoms with Gasteiger partial charge in [-0.15, -0.1) is 0 Å². The fourth-order valence-corrected chi connectivity index (χ4v) is 1.07. The summed E-state index contributed by atoms with van der Waals surface area (Å²) in [5.41, 5.74) is 5.65. The maximum Gasteiger partial charge on any atom is 0.221 e. The van der Waals surface area contributed by atoms with Gasteiger partial charge in [0.15, 0.2) is 0 Å². The number of nitrogens with two attached hydrogens (primary N) is 1. The average molecular weight is 216 g/mol. The number of carbonyl (C=O) groups excluding carboxylic acids is 1. The van der Waals surface area contributed by atoms with Gasteiger partial charge in [0, 0.05) is 25.6 Å². The van der Waals surface area contributed by atoms with Crippen molar-refractivity contribution in [3.05, 3.63) is 0 Å². The molecule has 0 heterocycles. The molecule has 4 nitrogen and oxygen atoms in total. The van der Waals surface area contributed by atoms with Crippen LogP contribution in [0.3, 0.4) is 0 Å². The Morgan fingerprint density at radius 3 is 2.73 bits per heavy atom. The second-order valence-electron chi connectivity index (χ2n) is 3.69. The maximum absolute atomic E-state index is 11.3. The van der Waals surface area contributed by atoms with Gasteiger partial charge >= 0.3 is 0 Å². The van der Waals surface area contributed by atoms with Gasteiger partial charge in [0.2, 0.25) is 5.91 Å². The van der Waals surface area contributed by atoms with Crippen molar-refractivity contribution in [3.63, 3.8) is 0 Å². The number of unbranched alkanes of at least 4 members (excludes halogenated alkanes) is 1. The lowest BCUT2D eigenvalue weighted by Gasteiger charge is -2.09. The standard InChI is InChI=1S/C11H24N2O2/c1-3-5-7-15-8-6-13-11(14)9-10(12)4-2/h10H,3-9,12H2,1-2H3,(H,13,14). The van der Waals surface area contributed by atoms with Gasteiger partial charge in [-0.2, -0.15) is 0 Å². The molecule has 0 radical (unpaired) electrons. The molecule has 0 fully saturated rings. The quantitative estimate of drug-likeness (QED) is 0.566. The molecule has 0 aliphatic rings. The molecule has 0 aromatic rings. The summed E-state index contributed by atoms with van der Waals surface area (Å²) >= 11 is 0. The zero-order valence-corrected chi connectivity index (χ0v) is 9.92. The third-order valence-corrected chi connectivity index (χ3v) is 2.18. The van der Waals surface area contributed by atoms with Crippen molar-refractivity contribution < 1.29 is 9.53 Å². The number of hydrogen-bond donors (Lipinski definition) is 2. The van der Waals surface area contributed by atoms with E-state index in [4.69, 9.17) is 10.5 Å². The normalized spacial score (nSPS) is 12.5. The predicted molar refractivity (Wildman–Crippen MR) is 61.6 cm³/mol. The molecule has 0 bridgehead atoms. The summed E-state index contributed by atoms with van der Waals surface area (Å²) in [5, 5.41) is 2.78. The van der Waals surface area contributed by atoms with Crippen molar-refractivity contribution in [2.45, 2.75) is 45.6 Å². The number of amides is 1. The van der Waals surface area contributed by atoms with E-state index in [9.17, 15) is 4.79 Å². The minimum atomic E-state index is -0.0222. The average Bonchev–Trinajstić information content (AvgIpc) is 2.23. The van der Waals surface area contributed by atoms with Crippen LogP contribution < -0.4 is 11.1 Å². The second kappa shape index (κ2) is 9.93. The summed E-state index contributed by atoms with van der Waals surface area (Å²) in [6, 6.07) is -0.0222. The molecule has 3 N–H and O–H groups in total. The number of nitrogens with one attached hydrogen (secondary N) is 1. The lowest BCUT2D eigenvalue weighted by atomic mass is 10.1. The number of carbonyl (C=O) groups is 1. The van der Waals surface area contributed by atoms with Crippen molar-refractivity contribution in [2.75, 3.05) is 19.8 Å². The van der Waals surface area contributed by atoms with Crippen LogP contribution in [0.2, 0.25) is 0 Å². The molecular formula is C11H24N2O2. The first-order valence-electron chi connectivity index (χ1n) is 5.80. The van der Waals surface area contributed by atoms with E-state index in [0.717, 1.165) is 25.9 Å². The molecule has 1 atom stereocenters. The maximum atomic E-state index is 11.3. The highest BCUT2D eigenvalue weighted by Crippen LogP contribution is 1.92. The van der Waals surface area contributed by atoms with Crippen molar-refractivity contribution in [1.29, 1.82) is 0 Å². The zero-order chi connectivity index (χ0) is 11.5. The zero-order valence-electron chi connectivity index (χ0n) is 9.92. The van der Waals surface area contributed by atoms with Crippen molar-refractivity contribution in [3.8, 4) is 0 Å². The van der Waals surface area contributed by atoms with E-state index in [1.165, 1.54) is 0 Å². The van der Waals surface area contributed by atoms with Crippen LogP contribution in [0.1, 0.15) is 39.5 Å². The number of hydrogen-bond acceptors (Lipinski definition) is 3. The molecule has 0 rings (SSSR count). The molecule has 4 heteroatoms. The van der Waals surface area contributed by atoms with Crippen LogP contribution in [0.5, 0.6) is 0 Å². The molecular weight excluding hydrogens is 192 g/mol. The smallest absolute Gasteiger partial charge is 0.221 e. The molecule has 0 aromatic carbocycles. The van der Waals surface area contributed by atoms with Gasteiger partial charge < -0.3 is 15.8 Å². The van der Waals surface area contributed by atoms with Crippen molar-refractivity contribution in [2.24, 2.45) is 5.73 Å². The minimum absolute atomic E-state index is 0.0171. The third kappa shape index (κ3) is 9.69. The molecule has 15 heavy (non-hydrogen) atoms. The Kier molecular flexibility index (Phi) is 9.52. The van der Waals surface area contributed by atoms with Crippen LogP contribution >= 0.6 is 0 Å². The minimum Gasteiger partial charge on any atom is -0.380 e. The molecule has 0 aliphatic heterocycles. The highest BCUT2D eigenvalue weighted by molar-refractivity contribution is 5.76. The van der Waals surface area contributed by atoms with Crippen LogP contribution in [0.25, 0.3) is 0 Å². The Bertz CT molecular complexity index is 163. The fourth-order valence-electron chi connectivity index (χ4n) is 1.07. The first-order valence-corrected chi connectivity index (χ1v) is 5.80. The van der Waals surface area contributed by atoms with Crippen LogP contribution in [0.4, 0.5) is 0 Å². The van der Waals surface area contributed by atoms with E-state index in [1.54, 1.807) is 0 Å². The Balaban J connectivity index is 3.24. The molecule has 0 aliphatic carbocycles. The topological polar surface area (TPSA) is 64.3 Å². The van der Waals surface area contributed by atoms with Crippen LogP contribution in [-0.4, -0.2) is 31.7 Å². The highest BCUT2D eigenvalue weighted by atomic mass is 16.5. The monoisotopic (exact) mass is 216 g/mol. The van der Waals surface area contributed by atoms with E-state index in [-0.39, 0.29) is 11.9 Å². The molecule has 0 saturated carbocycles. The largest absolute Gasteiger partial charge is 0.380 e. The van der Waals surface area contributed by atoms with Gasteiger partial charge in [-0.1, -0.05) is 20.3 Å². The van der Waals surface area contributed by atoms with E-state index in [1.807, 2.05) is 6.92 Å². The van der Waals surface area contributed by atoms with Crippen LogP contribution in [0.15, 0.2) is 0 Å². The SMILES string of the molecule is CCCCOCCNC(=O)CC(N)CC. The van der Waals surface area contributed by atoms with Crippen molar-refractivity contribution >= 4 is 5.91 Å². The first kappa shape index (κ1) is 14.4. The van der Waals surface area contributed by atoms with Gasteiger partial charge in [0.05, 0.1) is 6.61 Å². The molecule has 0 spiro atoms. The molecule has 1 amide bonds. The summed E-state index contributed by atoms with van der Waals surface area (Å²) in [4.78, 5) is 11.3. The van der Waals surface area contributed by atoms with Crippen LogP contribution in [-0.2, 0) is 9.53 Å². The number of ether oxygens (including phenoxy) is 1. The summed E-state index contributed by atoms with van der Waals surface area (Å²) in [7, 11) is 0. The van der Waals surface area contributed by atoms with Gasteiger partial charge in [0.25, 0.3) is 0 Å². The van der Waals surface area contributed by atoms with E-state index in [2.05, 4.69) is 12.2 Å². The lowest BCUT2D eigenvalue weighted by Crippen LogP contribution is -2.33. The fraction of sp³-hybridized carbons (Fsp3) is 0.909. The third-order valence-electron chi connectivity index (χ3n) is 2.18. The Hall–Kier alpha value is -0.610. The summed E-state index contributed by atoms with van der Waals surface area (Å²) < 4.78 is 5.31. The predicted octanol–water partition coefficient (Wildman–Crippen LogP) is 1.05. The van der Waals surface area contributed by atoms with Crippen molar-refractivity contribution in [1.82, 2.24) is 5.32 Å². The summed E-state index contributed by atoms with van der Waals surface area (Å²) in [6.45, 7) is 6.05. The summed E-state index contributed by atoms with van der Waals surface area (Å²) in [5.74, 6) is 0.0171. The Labute approximate surface area is 92.6 Å². The van der Waals surface area contributed by atoms with E-state index < -0.39 is 0 Å². The Morgan fingerprint density at radius 1 is 1.40 bits per heavy atom. The molecule has 1 unspecified atom stereocenters. The van der Waals surface area contributed by atoms with Crippen LogP contribution in [0, 0.1) is 0 Å². The second-order valence-corrected chi connectivity index (χ2v) is 3.69. The molecule has 90 valence electrons. The highest BCUT2D eigenvalue weighted by Gasteiger charge is 2.06.